The van der Waals surface area contributed by atoms with Gasteiger partial charge in [0.15, 0.2) is 0 Å². The average molecular weight is 1240 g/mol. The molecule has 0 aliphatic carbocycles. The predicted molar refractivity (Wildman–Crippen MR) is 344 cm³/mol. The zero-order valence-corrected chi connectivity index (χ0v) is 54.6. The van der Waals surface area contributed by atoms with Crippen LogP contribution in [-0.2, 0) is 22.4 Å². The molecule has 4 aromatic heterocycles. The van der Waals surface area contributed by atoms with Crippen LogP contribution in [0.1, 0.15) is 268 Å². The van der Waals surface area contributed by atoms with Crippen LogP contribution in [0.15, 0.2) is 55.1 Å². The topological polar surface area (TPSA) is 40.6 Å². The molecule has 2 aliphatic heterocycles. The minimum absolute atomic E-state index is 0.0409. The summed E-state index contributed by atoms with van der Waals surface area (Å²) in [5.74, 6) is 0.843. The van der Waals surface area contributed by atoms with Crippen LogP contribution < -0.4 is 0 Å². The molecule has 0 N–H and O–H groups in total. The minimum atomic E-state index is 0.0409. The van der Waals surface area contributed by atoms with Crippen LogP contribution in [0.2, 0.25) is 0 Å². The van der Waals surface area contributed by atoms with Gasteiger partial charge in [-0.2, -0.15) is 0 Å². The van der Waals surface area contributed by atoms with E-state index < -0.39 is 0 Å². The maximum absolute atomic E-state index is 16.0. The highest BCUT2D eigenvalue weighted by molar-refractivity contribution is 9.11. The fourth-order valence-electron chi connectivity index (χ4n) is 11.6. The van der Waals surface area contributed by atoms with Crippen molar-refractivity contribution in [1.29, 1.82) is 0 Å². The molecule has 10 heteroatoms. The summed E-state index contributed by atoms with van der Waals surface area (Å²) in [7, 11) is 0. The molecule has 76 heavy (non-hydrogen) atoms. The van der Waals surface area contributed by atoms with Gasteiger partial charge in [0, 0.05) is 32.6 Å². The minimum Gasteiger partial charge on any atom is -0.306 e. The molecule has 6 rings (SSSR count). The number of nitrogens with zero attached hydrogens (tertiary/aromatic N) is 2. The van der Waals surface area contributed by atoms with Gasteiger partial charge >= 0.3 is 0 Å². The molecule has 6 heterocycles. The number of rotatable bonds is 42. The van der Waals surface area contributed by atoms with Crippen molar-refractivity contribution >= 4 is 100 Å². The first-order valence-electron chi connectivity index (χ1n) is 31.1. The lowest BCUT2D eigenvalue weighted by atomic mass is 9.93. The van der Waals surface area contributed by atoms with Gasteiger partial charge in [-0.3, -0.25) is 9.59 Å². The number of carbonyl (C=O) groups is 2. The Labute approximate surface area is 496 Å². The molecule has 4 aromatic rings. The molecule has 2 atom stereocenters. The molecule has 4 nitrogen and oxygen atoms in total. The van der Waals surface area contributed by atoms with E-state index in [0.29, 0.717) is 36.1 Å². The Morgan fingerprint density at radius 2 is 0.658 bits per heavy atom. The van der Waals surface area contributed by atoms with Gasteiger partial charge in [0.2, 0.25) is 0 Å². The summed E-state index contributed by atoms with van der Waals surface area (Å²) in [6.45, 7) is 15.1. The van der Waals surface area contributed by atoms with E-state index in [1.807, 2.05) is 22.7 Å². The monoisotopic (exact) mass is 1240 g/mol. The van der Waals surface area contributed by atoms with Crippen molar-refractivity contribution in [1.82, 2.24) is 9.80 Å². The van der Waals surface area contributed by atoms with Gasteiger partial charge in [0.05, 0.1) is 39.9 Å². The molecule has 0 bridgehead atoms. The second-order valence-corrected chi connectivity index (χ2v) is 29.5. The van der Waals surface area contributed by atoms with E-state index in [0.717, 1.165) is 59.7 Å². The Morgan fingerprint density at radius 1 is 0.368 bits per heavy atom. The Hall–Kier alpha value is -1.82. The molecule has 0 radical (unpaired) electrons. The number of hydrogen-bond donors (Lipinski definition) is 0. The maximum Gasteiger partial charge on any atom is 0.261 e. The number of carbonyl (C=O) groups excluding carboxylic acids is 2. The van der Waals surface area contributed by atoms with Crippen LogP contribution in [0.5, 0.6) is 0 Å². The van der Waals surface area contributed by atoms with Crippen LogP contribution in [0.4, 0.5) is 0 Å². The summed E-state index contributed by atoms with van der Waals surface area (Å²) in [5, 5.41) is 0. The number of aryl methyl sites for hydroxylation is 2. The van der Waals surface area contributed by atoms with Crippen LogP contribution in [0, 0.1) is 11.8 Å². The van der Waals surface area contributed by atoms with Gasteiger partial charge in [-0.15, -0.1) is 45.3 Å². The van der Waals surface area contributed by atoms with Crippen molar-refractivity contribution < 1.29 is 9.59 Å². The summed E-state index contributed by atoms with van der Waals surface area (Å²) in [5.41, 5.74) is 5.85. The molecule has 2 unspecified atom stereocenters. The van der Waals surface area contributed by atoms with Gasteiger partial charge in [0.1, 0.15) is 0 Å². The van der Waals surface area contributed by atoms with Crippen LogP contribution >= 0.6 is 77.2 Å². The average Bonchev–Trinajstić information content (AvgIpc) is 4.32. The number of fused-ring (bicyclic) bond motifs is 1. The standard InChI is InChI=1S/C66H98Br2N2O2S4/c1-7-13-19-25-27-31-37-49(35-29-21-15-9-3)47-69-61(55-43-41-53(73-55)57-45-51(63(67)75-57)39-33-23-17-11-5)59-60(65(69)71)62(56-44-42-54(74-56)58-46-52(64(68)76-58)40-34-24-18-12-6)70(66(59)72)48-50(36-30-22-16-10-4)38-32-28-26-20-14-8-2/h41-46,49-50H,7-40,47-48H2,1-6H3. The van der Waals surface area contributed by atoms with Crippen molar-refractivity contribution in [3.8, 4) is 19.5 Å². The van der Waals surface area contributed by atoms with Crippen molar-refractivity contribution in [3.63, 3.8) is 0 Å². The highest BCUT2D eigenvalue weighted by Crippen LogP contribution is 2.52. The third kappa shape index (κ3) is 18.6. The molecular weight excluding hydrogens is 1140 g/mol. The zero-order chi connectivity index (χ0) is 54.1. The summed E-state index contributed by atoms with van der Waals surface area (Å²) in [4.78, 5) is 43.4. The first-order chi connectivity index (χ1) is 37.2. The van der Waals surface area contributed by atoms with Gasteiger partial charge in [-0.05, 0) is 143 Å². The lowest BCUT2D eigenvalue weighted by molar-refractivity contribution is -0.124. The molecule has 0 fully saturated rings. The second kappa shape index (κ2) is 35.1. The number of thiophene rings is 4. The van der Waals surface area contributed by atoms with Crippen LogP contribution in [-0.4, -0.2) is 34.7 Å². The lowest BCUT2D eigenvalue weighted by Gasteiger charge is -2.29. The van der Waals surface area contributed by atoms with E-state index in [-0.39, 0.29) is 11.8 Å². The first-order valence-corrected chi connectivity index (χ1v) is 35.9. The van der Waals surface area contributed by atoms with E-state index in [2.05, 4.69) is 120 Å². The van der Waals surface area contributed by atoms with Crippen LogP contribution in [0.3, 0.4) is 0 Å². The first kappa shape index (κ1) is 63.4. The van der Waals surface area contributed by atoms with E-state index in [4.69, 9.17) is 0 Å². The SMILES string of the molecule is CCCCCCCCC(CCCCCC)CN1C(=O)C2=C(c3ccc(-c4cc(CCCCCC)c(Br)s4)s3)N(CC(CCCCCC)CCCCCCCC)C(=O)C2=C1c1ccc(-c2cc(CCCCCC)c(Br)s2)s1. The molecule has 2 aliphatic rings. The number of halogens is 2. The van der Waals surface area contributed by atoms with Crippen LogP contribution in [0.25, 0.3) is 30.9 Å². The Kier molecular flexibility index (Phi) is 29.3. The molecule has 422 valence electrons. The molecule has 0 saturated carbocycles. The van der Waals surface area contributed by atoms with Crippen molar-refractivity contribution in [2.75, 3.05) is 13.1 Å². The zero-order valence-electron chi connectivity index (χ0n) is 48.2. The highest BCUT2D eigenvalue weighted by Gasteiger charge is 2.50. The smallest absolute Gasteiger partial charge is 0.261 e. The fourth-order valence-corrected chi connectivity index (χ4v) is 17.5. The second-order valence-electron chi connectivity index (χ2n) is 22.6. The van der Waals surface area contributed by atoms with Crippen molar-refractivity contribution in [2.24, 2.45) is 11.8 Å². The van der Waals surface area contributed by atoms with E-state index >= 15 is 9.59 Å². The quantitative estimate of drug-likeness (QED) is 0.0415. The van der Waals surface area contributed by atoms with Gasteiger partial charge in [-0.25, -0.2) is 0 Å². The predicted octanol–water partition coefficient (Wildman–Crippen LogP) is 23.5. The highest BCUT2D eigenvalue weighted by atomic mass is 79.9. The Balaban J connectivity index is 1.45. The van der Waals surface area contributed by atoms with E-state index in [1.165, 1.54) is 218 Å². The fraction of sp³-hybridized carbons (Fsp3) is 0.667. The molecule has 0 spiro atoms. The lowest BCUT2D eigenvalue weighted by Crippen LogP contribution is -2.34. The van der Waals surface area contributed by atoms with E-state index in [9.17, 15) is 0 Å². The summed E-state index contributed by atoms with van der Waals surface area (Å²) in [6.07, 6.45) is 41.6. The third-order valence-electron chi connectivity index (χ3n) is 16.2. The van der Waals surface area contributed by atoms with Crippen molar-refractivity contribution in [2.45, 2.75) is 260 Å². The molecular formula is C66H98Br2N2O2S4. The Morgan fingerprint density at radius 3 is 1.00 bits per heavy atom. The van der Waals surface area contributed by atoms with Gasteiger partial charge < -0.3 is 9.80 Å². The molecule has 0 saturated heterocycles. The largest absolute Gasteiger partial charge is 0.306 e. The number of unbranched alkanes of at least 4 members (excludes halogenated alkanes) is 22. The molecule has 2 amide bonds. The van der Waals surface area contributed by atoms with Gasteiger partial charge in [0.25, 0.3) is 11.8 Å². The summed E-state index contributed by atoms with van der Waals surface area (Å²) < 4.78 is 2.45. The normalized spacial score (nSPS) is 14.7. The maximum atomic E-state index is 16.0. The summed E-state index contributed by atoms with van der Waals surface area (Å²) >= 11 is 15.1. The van der Waals surface area contributed by atoms with E-state index in [1.54, 1.807) is 22.7 Å². The number of amides is 2. The summed E-state index contributed by atoms with van der Waals surface area (Å²) in [6, 6.07) is 13.8. The van der Waals surface area contributed by atoms with Gasteiger partial charge in [-0.1, -0.05) is 208 Å². The van der Waals surface area contributed by atoms with Crippen molar-refractivity contribution in [3.05, 3.63) is 76.0 Å². The molecule has 0 aromatic carbocycles. The third-order valence-corrected chi connectivity index (χ3v) is 22.7. The number of hydrogen-bond acceptors (Lipinski definition) is 6. The Bertz CT molecular complexity index is 2240.